The van der Waals surface area contributed by atoms with Crippen molar-refractivity contribution in [2.45, 2.75) is 26.3 Å². The van der Waals surface area contributed by atoms with E-state index in [1.165, 1.54) is 18.2 Å². The predicted molar refractivity (Wildman–Crippen MR) is 120 cm³/mol. The van der Waals surface area contributed by atoms with Gasteiger partial charge in [0.1, 0.15) is 11.5 Å². The number of nitrogens with zero attached hydrogens (tertiary/aromatic N) is 1. The Hall–Kier alpha value is -4.15. The van der Waals surface area contributed by atoms with Crippen LogP contribution in [0.3, 0.4) is 0 Å². The van der Waals surface area contributed by atoms with Gasteiger partial charge >= 0.3 is 6.36 Å². The number of amides is 2. The first kappa shape index (κ1) is 26.5. The van der Waals surface area contributed by atoms with Gasteiger partial charge in [-0.05, 0) is 38.1 Å². The van der Waals surface area contributed by atoms with E-state index in [-0.39, 0.29) is 11.1 Å². The van der Waals surface area contributed by atoms with Crippen molar-refractivity contribution in [1.29, 1.82) is 0 Å². The average molecular weight is 508 g/mol. The molecule has 0 aliphatic heterocycles. The summed E-state index contributed by atoms with van der Waals surface area (Å²) >= 11 is 0. The smallest absolute Gasteiger partial charge is 0.483 e. The summed E-state index contributed by atoms with van der Waals surface area (Å²) in [5, 5.41) is 0.996. The number of ether oxygens (including phenoxy) is 2. The number of benzene rings is 3. The second kappa shape index (κ2) is 11.1. The Kier molecular flexibility index (Phi) is 8.13. The van der Waals surface area contributed by atoms with Crippen molar-refractivity contribution in [3.05, 3.63) is 83.9 Å². The molecule has 0 saturated heterocycles. The van der Waals surface area contributed by atoms with Crippen molar-refractivity contribution in [1.82, 2.24) is 10.4 Å². The Morgan fingerprint density at radius 1 is 0.889 bits per heavy atom. The van der Waals surface area contributed by atoms with Crippen LogP contribution in [0.5, 0.6) is 11.5 Å². The third-order valence-corrected chi connectivity index (χ3v) is 4.82. The molecule has 11 heteroatoms. The van der Waals surface area contributed by atoms with Crippen LogP contribution in [0.1, 0.15) is 24.2 Å². The maximum Gasteiger partial charge on any atom is 0.573 e. The van der Waals surface area contributed by atoms with Crippen LogP contribution in [0.2, 0.25) is 0 Å². The highest BCUT2D eigenvalue weighted by atomic mass is 19.4. The number of hydrogen-bond acceptors (Lipinski definition) is 4. The molecule has 0 bridgehead atoms. The van der Waals surface area contributed by atoms with E-state index in [0.717, 1.165) is 11.1 Å². The van der Waals surface area contributed by atoms with Crippen LogP contribution in [0, 0.1) is 11.6 Å². The first-order valence-electron chi connectivity index (χ1n) is 10.6. The number of para-hydroxylation sites is 1. The van der Waals surface area contributed by atoms with Crippen molar-refractivity contribution < 1.29 is 41.0 Å². The van der Waals surface area contributed by atoms with Crippen LogP contribution in [-0.4, -0.2) is 35.8 Å². The van der Waals surface area contributed by atoms with Crippen LogP contribution < -0.4 is 14.9 Å². The van der Waals surface area contributed by atoms with E-state index in [2.05, 4.69) is 10.2 Å². The molecular weight excluding hydrogens is 487 g/mol. The maximum absolute atomic E-state index is 14.0. The summed E-state index contributed by atoms with van der Waals surface area (Å²) in [6.45, 7) is 2.50. The van der Waals surface area contributed by atoms with Gasteiger partial charge in [0.25, 0.3) is 11.8 Å². The van der Waals surface area contributed by atoms with Crippen LogP contribution in [0.4, 0.5) is 22.0 Å². The third-order valence-electron chi connectivity index (χ3n) is 4.82. The van der Waals surface area contributed by atoms with E-state index >= 15 is 0 Å². The fourth-order valence-corrected chi connectivity index (χ4v) is 3.21. The van der Waals surface area contributed by atoms with E-state index in [1.807, 2.05) is 0 Å². The Labute approximate surface area is 203 Å². The summed E-state index contributed by atoms with van der Waals surface area (Å²) in [5.74, 6) is -5.07. The number of hydrazine groups is 1. The van der Waals surface area contributed by atoms with Crippen LogP contribution in [0.15, 0.2) is 66.7 Å². The Morgan fingerprint density at radius 3 is 2.14 bits per heavy atom. The number of alkyl halides is 3. The summed E-state index contributed by atoms with van der Waals surface area (Å²) in [6, 6.07) is 13.7. The highest BCUT2D eigenvalue weighted by Crippen LogP contribution is 2.39. The van der Waals surface area contributed by atoms with E-state index in [4.69, 9.17) is 4.74 Å². The van der Waals surface area contributed by atoms with Gasteiger partial charge in [0.05, 0.1) is 0 Å². The molecule has 6 nitrogen and oxygen atoms in total. The highest BCUT2D eigenvalue weighted by Gasteiger charge is 2.32. The largest absolute Gasteiger partial charge is 0.573 e. The number of rotatable bonds is 7. The number of hydrogen-bond donors (Lipinski definition) is 1. The number of nitrogens with one attached hydrogen (secondary N) is 1. The molecule has 3 rings (SSSR count). The quantitative estimate of drug-likeness (QED) is 0.339. The van der Waals surface area contributed by atoms with Crippen LogP contribution in [-0.2, 0) is 4.79 Å². The van der Waals surface area contributed by atoms with Gasteiger partial charge < -0.3 is 9.47 Å². The maximum atomic E-state index is 14.0. The lowest BCUT2D eigenvalue weighted by molar-refractivity contribution is -0.274. The lowest BCUT2D eigenvalue weighted by Gasteiger charge is -2.27. The fraction of sp³-hybridized carbons (Fsp3) is 0.200. The minimum Gasteiger partial charge on any atom is -0.483 e. The van der Waals surface area contributed by atoms with Crippen molar-refractivity contribution in [3.63, 3.8) is 0 Å². The van der Waals surface area contributed by atoms with E-state index in [0.29, 0.717) is 17.7 Å². The normalized spacial score (nSPS) is 11.2. The Bertz CT molecular complexity index is 1230. The Balaban J connectivity index is 1.86. The van der Waals surface area contributed by atoms with Gasteiger partial charge in [0, 0.05) is 28.8 Å². The molecular formula is C25H21F5N2O4. The average Bonchev–Trinajstić information content (AvgIpc) is 2.82. The fourth-order valence-electron chi connectivity index (χ4n) is 3.21. The topological polar surface area (TPSA) is 67.9 Å². The lowest BCUT2D eigenvalue weighted by Crippen LogP contribution is -2.51. The standard InChI is InChI=1S/C25H21F5N2O4/c1-15(2)32(31-24(34)16-8-4-3-5-9-16)23(33)14-35-22-13-20(27)19(26)12-18(22)17-10-6-7-11-21(17)36-25(28,29)30/h3-13,15H,14H2,1-2H3,(H,31,34). The zero-order valence-electron chi connectivity index (χ0n) is 19.1. The van der Waals surface area contributed by atoms with Crippen molar-refractivity contribution in [3.8, 4) is 22.6 Å². The molecule has 3 aromatic carbocycles. The molecule has 0 unspecified atom stereocenters. The molecule has 0 fully saturated rings. The second-order valence-corrected chi connectivity index (χ2v) is 7.76. The summed E-state index contributed by atoms with van der Waals surface area (Å²) in [6.07, 6.45) is -5.04. The lowest BCUT2D eigenvalue weighted by atomic mass is 10.0. The van der Waals surface area contributed by atoms with Gasteiger partial charge in [-0.1, -0.05) is 36.4 Å². The SMILES string of the molecule is CC(C)N(NC(=O)c1ccccc1)C(=O)COc1cc(F)c(F)cc1-c1ccccc1OC(F)(F)F. The molecule has 0 aliphatic carbocycles. The van der Waals surface area contributed by atoms with Crippen molar-refractivity contribution in [2.75, 3.05) is 6.61 Å². The monoisotopic (exact) mass is 508 g/mol. The number of carbonyl (C=O) groups excluding carboxylic acids is 2. The van der Waals surface area contributed by atoms with Crippen molar-refractivity contribution >= 4 is 11.8 Å². The summed E-state index contributed by atoms with van der Waals surface area (Å²) in [4.78, 5) is 25.3. The first-order valence-corrected chi connectivity index (χ1v) is 10.6. The predicted octanol–water partition coefficient (Wildman–Crippen LogP) is 5.49. The molecule has 1 N–H and O–H groups in total. The molecule has 0 aliphatic rings. The molecule has 2 amide bonds. The van der Waals surface area contributed by atoms with Gasteiger partial charge in [-0.15, -0.1) is 13.2 Å². The molecule has 0 saturated carbocycles. The first-order chi connectivity index (χ1) is 17.0. The van der Waals surface area contributed by atoms with Gasteiger partial charge in [0.15, 0.2) is 18.2 Å². The Morgan fingerprint density at radius 2 is 1.50 bits per heavy atom. The summed E-state index contributed by atoms with van der Waals surface area (Å²) < 4.78 is 76.0. The van der Waals surface area contributed by atoms with E-state index < -0.39 is 54.0 Å². The van der Waals surface area contributed by atoms with Gasteiger partial charge in [0.2, 0.25) is 0 Å². The minimum absolute atomic E-state index is 0.241. The molecule has 190 valence electrons. The molecule has 3 aromatic rings. The molecule has 0 radical (unpaired) electrons. The van der Waals surface area contributed by atoms with Crippen LogP contribution in [0.25, 0.3) is 11.1 Å². The molecule has 36 heavy (non-hydrogen) atoms. The van der Waals surface area contributed by atoms with Gasteiger partial charge in [-0.2, -0.15) is 0 Å². The second-order valence-electron chi connectivity index (χ2n) is 7.76. The minimum atomic E-state index is -5.04. The summed E-state index contributed by atoms with van der Waals surface area (Å²) in [7, 11) is 0. The molecule has 0 spiro atoms. The third kappa shape index (κ3) is 6.71. The molecule has 0 heterocycles. The zero-order valence-corrected chi connectivity index (χ0v) is 19.1. The number of halogens is 5. The number of carbonyl (C=O) groups is 2. The highest BCUT2D eigenvalue weighted by molar-refractivity contribution is 5.95. The van der Waals surface area contributed by atoms with Gasteiger partial charge in [-0.25, -0.2) is 13.8 Å². The molecule has 0 aromatic heterocycles. The van der Waals surface area contributed by atoms with E-state index in [1.54, 1.807) is 44.2 Å². The van der Waals surface area contributed by atoms with E-state index in [9.17, 15) is 31.5 Å². The summed E-state index contributed by atoms with van der Waals surface area (Å²) in [5.41, 5.74) is 2.24. The van der Waals surface area contributed by atoms with Crippen molar-refractivity contribution in [2.24, 2.45) is 0 Å². The van der Waals surface area contributed by atoms with Gasteiger partial charge in [-0.3, -0.25) is 15.0 Å². The van der Waals surface area contributed by atoms with Crippen LogP contribution >= 0.6 is 0 Å². The molecule has 0 atom stereocenters. The zero-order chi connectivity index (χ0) is 26.5.